The first-order valence-corrected chi connectivity index (χ1v) is 6.45. The highest BCUT2D eigenvalue weighted by atomic mass is 16.7. The highest BCUT2D eigenvalue weighted by Gasteiger charge is 2.23. The monoisotopic (exact) mass is 228 g/mol. The summed E-state index contributed by atoms with van der Waals surface area (Å²) >= 11 is 0. The summed E-state index contributed by atoms with van der Waals surface area (Å²) in [5.41, 5.74) is 0. The Kier molecular flexibility index (Phi) is 5.03. The zero-order valence-electron chi connectivity index (χ0n) is 10.3. The van der Waals surface area contributed by atoms with Gasteiger partial charge >= 0.3 is 0 Å². The van der Waals surface area contributed by atoms with Crippen LogP contribution < -0.4 is 5.32 Å². The maximum absolute atomic E-state index is 5.60. The standard InChI is InChI=1S/C12H24N2O2/c1-13-7-11-3-2-5-14(8-11)9-12-4-6-15-10-16-12/h11-13H,2-10H2,1H3. The van der Waals surface area contributed by atoms with Gasteiger partial charge in [0.15, 0.2) is 0 Å². The fourth-order valence-corrected chi connectivity index (χ4v) is 2.71. The van der Waals surface area contributed by atoms with Crippen LogP contribution in [0.3, 0.4) is 0 Å². The Morgan fingerprint density at radius 1 is 1.38 bits per heavy atom. The molecule has 0 aromatic heterocycles. The maximum atomic E-state index is 5.60. The quantitative estimate of drug-likeness (QED) is 0.767. The van der Waals surface area contributed by atoms with Gasteiger partial charge in [0.25, 0.3) is 0 Å². The summed E-state index contributed by atoms with van der Waals surface area (Å²) in [6.07, 6.45) is 4.14. The second-order valence-corrected chi connectivity index (χ2v) is 4.93. The number of piperidine rings is 1. The van der Waals surface area contributed by atoms with Crippen LogP contribution in [0.5, 0.6) is 0 Å². The molecule has 0 amide bonds. The fraction of sp³-hybridized carbons (Fsp3) is 1.00. The lowest BCUT2D eigenvalue weighted by Crippen LogP contribution is -2.44. The smallest absolute Gasteiger partial charge is 0.147 e. The lowest BCUT2D eigenvalue weighted by molar-refractivity contribution is -0.145. The Morgan fingerprint density at radius 3 is 3.06 bits per heavy atom. The van der Waals surface area contributed by atoms with Crippen molar-refractivity contribution in [3.8, 4) is 0 Å². The van der Waals surface area contributed by atoms with Crippen LogP contribution in [0.1, 0.15) is 19.3 Å². The zero-order valence-corrected chi connectivity index (χ0v) is 10.3. The molecule has 0 aromatic carbocycles. The Bertz CT molecular complexity index is 193. The molecule has 2 heterocycles. The molecule has 0 bridgehead atoms. The lowest BCUT2D eigenvalue weighted by atomic mass is 9.97. The van der Waals surface area contributed by atoms with Crippen LogP contribution in [0.15, 0.2) is 0 Å². The number of nitrogens with one attached hydrogen (secondary N) is 1. The molecule has 2 aliphatic rings. The predicted octanol–water partition coefficient (Wildman–Crippen LogP) is 0.681. The number of nitrogens with zero attached hydrogens (tertiary/aromatic N) is 1. The van der Waals surface area contributed by atoms with Crippen molar-refractivity contribution in [3.05, 3.63) is 0 Å². The van der Waals surface area contributed by atoms with Crippen LogP contribution in [0.25, 0.3) is 0 Å². The number of hydrogen-bond acceptors (Lipinski definition) is 4. The van der Waals surface area contributed by atoms with Gasteiger partial charge in [-0.05, 0) is 45.3 Å². The second kappa shape index (κ2) is 6.55. The van der Waals surface area contributed by atoms with Crippen molar-refractivity contribution in [2.45, 2.75) is 25.4 Å². The molecule has 16 heavy (non-hydrogen) atoms. The van der Waals surface area contributed by atoms with Gasteiger partial charge in [-0.15, -0.1) is 0 Å². The highest BCUT2D eigenvalue weighted by molar-refractivity contribution is 4.77. The average molecular weight is 228 g/mol. The Labute approximate surface area is 98.3 Å². The van der Waals surface area contributed by atoms with Gasteiger partial charge in [-0.25, -0.2) is 0 Å². The third kappa shape index (κ3) is 3.70. The van der Waals surface area contributed by atoms with Crippen molar-refractivity contribution >= 4 is 0 Å². The molecule has 1 N–H and O–H groups in total. The minimum Gasteiger partial charge on any atom is -0.355 e. The minimum atomic E-state index is 0.391. The Balaban J connectivity index is 1.71. The van der Waals surface area contributed by atoms with Crippen LogP contribution in [-0.2, 0) is 9.47 Å². The van der Waals surface area contributed by atoms with Crippen LogP contribution >= 0.6 is 0 Å². The molecule has 2 fully saturated rings. The molecule has 2 rings (SSSR count). The lowest BCUT2D eigenvalue weighted by Gasteiger charge is -2.35. The van der Waals surface area contributed by atoms with Crippen LogP contribution in [-0.4, -0.2) is 57.6 Å². The average Bonchev–Trinajstić information content (AvgIpc) is 2.31. The summed E-state index contributed by atoms with van der Waals surface area (Å²) in [4.78, 5) is 2.56. The van der Waals surface area contributed by atoms with Gasteiger partial charge in [0, 0.05) is 13.1 Å². The maximum Gasteiger partial charge on any atom is 0.147 e. The molecular weight excluding hydrogens is 204 g/mol. The summed E-state index contributed by atoms with van der Waals surface area (Å²) < 4.78 is 10.8. The molecule has 0 aliphatic carbocycles. The van der Waals surface area contributed by atoms with E-state index in [1.54, 1.807) is 0 Å². The SMILES string of the molecule is CNCC1CCCN(CC2CCOCO2)C1. The topological polar surface area (TPSA) is 33.7 Å². The molecule has 2 unspecified atom stereocenters. The van der Waals surface area contributed by atoms with E-state index in [9.17, 15) is 0 Å². The van der Waals surface area contributed by atoms with Crippen molar-refractivity contribution in [1.82, 2.24) is 10.2 Å². The summed E-state index contributed by atoms with van der Waals surface area (Å²) in [5, 5.41) is 3.28. The van der Waals surface area contributed by atoms with Crippen molar-refractivity contribution < 1.29 is 9.47 Å². The third-order valence-corrected chi connectivity index (χ3v) is 3.53. The number of ether oxygens (including phenoxy) is 2. The summed E-state index contributed by atoms with van der Waals surface area (Å²) in [6.45, 7) is 6.04. The molecule has 94 valence electrons. The molecule has 0 saturated carbocycles. The molecule has 4 heteroatoms. The van der Waals surface area contributed by atoms with E-state index in [-0.39, 0.29) is 0 Å². The highest BCUT2D eigenvalue weighted by Crippen LogP contribution is 2.17. The van der Waals surface area contributed by atoms with Crippen LogP contribution in [0, 0.1) is 5.92 Å². The normalized spacial score (nSPS) is 32.8. The third-order valence-electron chi connectivity index (χ3n) is 3.53. The van der Waals surface area contributed by atoms with Gasteiger partial charge in [0.1, 0.15) is 6.79 Å². The largest absolute Gasteiger partial charge is 0.355 e. The minimum absolute atomic E-state index is 0.391. The summed E-state index contributed by atoms with van der Waals surface area (Å²) in [5.74, 6) is 0.818. The van der Waals surface area contributed by atoms with E-state index in [4.69, 9.17) is 9.47 Å². The molecule has 0 spiro atoms. The van der Waals surface area contributed by atoms with Crippen LogP contribution in [0.2, 0.25) is 0 Å². The Morgan fingerprint density at radius 2 is 2.31 bits per heavy atom. The van der Waals surface area contributed by atoms with E-state index >= 15 is 0 Å². The van der Waals surface area contributed by atoms with Gasteiger partial charge in [-0.1, -0.05) is 0 Å². The van der Waals surface area contributed by atoms with E-state index < -0.39 is 0 Å². The fourth-order valence-electron chi connectivity index (χ4n) is 2.71. The summed E-state index contributed by atoms with van der Waals surface area (Å²) in [7, 11) is 2.04. The predicted molar refractivity (Wildman–Crippen MR) is 63.4 cm³/mol. The molecule has 2 saturated heterocycles. The van der Waals surface area contributed by atoms with Crippen molar-refractivity contribution in [2.24, 2.45) is 5.92 Å². The molecule has 4 nitrogen and oxygen atoms in total. The van der Waals surface area contributed by atoms with Gasteiger partial charge in [0.05, 0.1) is 12.7 Å². The van der Waals surface area contributed by atoms with Crippen molar-refractivity contribution in [2.75, 3.05) is 46.6 Å². The van der Waals surface area contributed by atoms with E-state index in [2.05, 4.69) is 10.2 Å². The first kappa shape index (κ1) is 12.3. The van der Waals surface area contributed by atoms with Crippen molar-refractivity contribution in [1.29, 1.82) is 0 Å². The van der Waals surface area contributed by atoms with Gasteiger partial charge in [-0.2, -0.15) is 0 Å². The summed E-state index contributed by atoms with van der Waals surface area (Å²) in [6, 6.07) is 0. The molecule has 2 atom stereocenters. The Hall–Kier alpha value is -0.160. The van der Waals surface area contributed by atoms with Gasteiger partial charge in [-0.3, -0.25) is 0 Å². The first-order valence-electron chi connectivity index (χ1n) is 6.45. The first-order chi connectivity index (χ1) is 7.88. The molecular formula is C12H24N2O2. The zero-order chi connectivity index (χ0) is 11.2. The van der Waals surface area contributed by atoms with E-state index in [0.717, 1.165) is 32.0 Å². The number of rotatable bonds is 4. The van der Waals surface area contributed by atoms with Gasteiger partial charge in [0.2, 0.25) is 0 Å². The number of hydrogen-bond donors (Lipinski definition) is 1. The van der Waals surface area contributed by atoms with E-state index in [1.807, 2.05) is 7.05 Å². The van der Waals surface area contributed by atoms with Crippen LogP contribution in [0.4, 0.5) is 0 Å². The van der Waals surface area contributed by atoms with E-state index in [1.165, 1.54) is 25.9 Å². The molecule has 0 radical (unpaired) electrons. The molecule has 2 aliphatic heterocycles. The number of likely N-dealkylation sites (tertiary alicyclic amines) is 1. The van der Waals surface area contributed by atoms with Gasteiger partial charge < -0.3 is 19.7 Å². The molecule has 0 aromatic rings. The second-order valence-electron chi connectivity index (χ2n) is 4.93. The van der Waals surface area contributed by atoms with E-state index in [0.29, 0.717) is 12.9 Å². The van der Waals surface area contributed by atoms with Crippen molar-refractivity contribution in [3.63, 3.8) is 0 Å².